The van der Waals surface area contributed by atoms with Gasteiger partial charge in [-0.2, -0.15) is 4.98 Å². The number of likely N-dealkylation sites (tertiary alicyclic amines) is 1. The third-order valence-electron chi connectivity index (χ3n) is 4.64. The molecule has 2 heterocycles. The normalized spacial score (nSPS) is 16.4. The largest absolute Gasteiger partial charge is 0.493 e. The maximum absolute atomic E-state index is 13.2. The highest BCUT2D eigenvalue weighted by Crippen LogP contribution is 2.40. The average molecular weight is 387 g/mol. The van der Waals surface area contributed by atoms with Crippen molar-refractivity contribution in [3.05, 3.63) is 35.8 Å². The zero-order chi connectivity index (χ0) is 20.1. The van der Waals surface area contributed by atoms with Crippen LogP contribution in [0.3, 0.4) is 0 Å². The van der Waals surface area contributed by atoms with Crippen LogP contribution in [-0.4, -0.2) is 61.3 Å². The van der Waals surface area contributed by atoms with E-state index >= 15 is 0 Å². The Morgan fingerprint density at radius 2 is 1.89 bits per heavy atom. The molecule has 1 saturated heterocycles. The van der Waals surface area contributed by atoms with Crippen LogP contribution in [0.4, 0.5) is 0 Å². The fourth-order valence-corrected chi connectivity index (χ4v) is 3.33. The summed E-state index contributed by atoms with van der Waals surface area (Å²) in [6.07, 6.45) is 3.24. The molecule has 0 radical (unpaired) electrons. The molecule has 1 atom stereocenters. The molecule has 1 unspecified atom stereocenters. The topological polar surface area (TPSA) is 83.0 Å². The second kappa shape index (κ2) is 8.77. The van der Waals surface area contributed by atoms with E-state index in [4.69, 9.17) is 18.9 Å². The number of nitrogens with zero attached hydrogens (tertiary/aromatic N) is 3. The van der Waals surface area contributed by atoms with Gasteiger partial charge >= 0.3 is 0 Å². The summed E-state index contributed by atoms with van der Waals surface area (Å²) in [4.78, 5) is 23.3. The standard InChI is InChI=1S/C20H25N3O5/c1-13-21-10-9-17(22-13)28-14-6-5-11-23(12-14)20(24)15-7-8-16(25-2)19(27-4)18(15)26-3/h7-10,14H,5-6,11-12H2,1-4H3. The first-order valence-electron chi connectivity index (χ1n) is 9.12. The molecular formula is C20H25N3O5. The number of aryl methyl sites for hydroxylation is 1. The van der Waals surface area contributed by atoms with Gasteiger partial charge in [0.15, 0.2) is 11.5 Å². The van der Waals surface area contributed by atoms with Crippen LogP contribution in [0.25, 0.3) is 0 Å². The molecule has 1 fully saturated rings. The van der Waals surface area contributed by atoms with Crippen molar-refractivity contribution < 1.29 is 23.7 Å². The Hall–Kier alpha value is -3.03. The highest BCUT2D eigenvalue weighted by molar-refractivity contribution is 5.98. The Morgan fingerprint density at radius 3 is 2.57 bits per heavy atom. The minimum atomic E-state index is -0.134. The van der Waals surface area contributed by atoms with Gasteiger partial charge < -0.3 is 23.8 Å². The van der Waals surface area contributed by atoms with Gasteiger partial charge in [-0.15, -0.1) is 0 Å². The third kappa shape index (κ3) is 4.11. The number of methoxy groups -OCH3 is 3. The Bertz CT molecular complexity index is 843. The summed E-state index contributed by atoms with van der Waals surface area (Å²) in [6.45, 7) is 2.94. The van der Waals surface area contributed by atoms with Crippen molar-refractivity contribution in [2.75, 3.05) is 34.4 Å². The van der Waals surface area contributed by atoms with Crippen molar-refractivity contribution in [2.45, 2.75) is 25.9 Å². The summed E-state index contributed by atoms with van der Waals surface area (Å²) in [5, 5.41) is 0. The van der Waals surface area contributed by atoms with Gasteiger partial charge in [0.05, 0.1) is 33.4 Å². The summed E-state index contributed by atoms with van der Waals surface area (Å²) in [6, 6.07) is 5.13. The average Bonchev–Trinajstić information content (AvgIpc) is 2.72. The van der Waals surface area contributed by atoms with E-state index in [9.17, 15) is 4.79 Å². The Labute approximate surface area is 164 Å². The number of benzene rings is 1. The zero-order valence-electron chi connectivity index (χ0n) is 16.6. The molecule has 0 aliphatic carbocycles. The van der Waals surface area contributed by atoms with Gasteiger partial charge in [0, 0.05) is 18.8 Å². The maximum atomic E-state index is 13.2. The van der Waals surface area contributed by atoms with Crippen LogP contribution in [0.15, 0.2) is 24.4 Å². The molecule has 1 aliphatic heterocycles. The predicted molar refractivity (Wildman–Crippen MR) is 102 cm³/mol. The molecule has 8 heteroatoms. The molecule has 1 amide bonds. The number of piperidine rings is 1. The number of amides is 1. The van der Waals surface area contributed by atoms with Crippen molar-refractivity contribution in [1.29, 1.82) is 0 Å². The zero-order valence-corrected chi connectivity index (χ0v) is 16.6. The van der Waals surface area contributed by atoms with Gasteiger partial charge in [-0.25, -0.2) is 4.98 Å². The first-order valence-corrected chi connectivity index (χ1v) is 9.12. The second-order valence-electron chi connectivity index (χ2n) is 6.46. The summed E-state index contributed by atoms with van der Waals surface area (Å²) in [7, 11) is 4.57. The van der Waals surface area contributed by atoms with Gasteiger partial charge in [-0.1, -0.05) is 0 Å². The van der Waals surface area contributed by atoms with Crippen LogP contribution in [-0.2, 0) is 0 Å². The molecule has 0 N–H and O–H groups in total. The van der Waals surface area contributed by atoms with E-state index in [0.717, 1.165) is 12.8 Å². The van der Waals surface area contributed by atoms with E-state index in [1.807, 2.05) is 6.92 Å². The summed E-state index contributed by atoms with van der Waals surface area (Å²) < 4.78 is 22.1. The minimum Gasteiger partial charge on any atom is -0.493 e. The molecule has 0 bridgehead atoms. The van der Waals surface area contributed by atoms with E-state index in [0.29, 0.717) is 47.6 Å². The lowest BCUT2D eigenvalue weighted by Gasteiger charge is -2.33. The SMILES string of the molecule is COc1ccc(C(=O)N2CCCC(Oc3ccnc(C)n3)C2)c(OC)c1OC. The predicted octanol–water partition coefficient (Wildman–Crippen LogP) is 2.49. The maximum Gasteiger partial charge on any atom is 0.257 e. The molecule has 2 aromatic rings. The molecule has 1 aromatic heterocycles. The van der Waals surface area contributed by atoms with Gasteiger partial charge in [-0.05, 0) is 31.9 Å². The smallest absolute Gasteiger partial charge is 0.257 e. The van der Waals surface area contributed by atoms with Crippen LogP contribution < -0.4 is 18.9 Å². The lowest BCUT2D eigenvalue weighted by molar-refractivity contribution is 0.0523. The third-order valence-corrected chi connectivity index (χ3v) is 4.64. The molecule has 0 saturated carbocycles. The van der Waals surface area contributed by atoms with E-state index in [1.165, 1.54) is 14.2 Å². The van der Waals surface area contributed by atoms with Crippen molar-refractivity contribution in [1.82, 2.24) is 14.9 Å². The molecule has 150 valence electrons. The fraction of sp³-hybridized carbons (Fsp3) is 0.450. The van der Waals surface area contributed by atoms with Gasteiger partial charge in [0.2, 0.25) is 11.6 Å². The fourth-order valence-electron chi connectivity index (χ4n) is 3.33. The van der Waals surface area contributed by atoms with Gasteiger partial charge in [0.25, 0.3) is 5.91 Å². The van der Waals surface area contributed by atoms with Gasteiger partial charge in [0.1, 0.15) is 11.9 Å². The number of aromatic nitrogens is 2. The van der Waals surface area contributed by atoms with Crippen molar-refractivity contribution in [3.63, 3.8) is 0 Å². The molecule has 8 nitrogen and oxygen atoms in total. The van der Waals surface area contributed by atoms with E-state index in [1.54, 1.807) is 36.4 Å². The van der Waals surface area contributed by atoms with Crippen LogP contribution in [0, 0.1) is 6.92 Å². The molecule has 1 aliphatic rings. The monoisotopic (exact) mass is 387 g/mol. The summed E-state index contributed by atoms with van der Waals surface area (Å²) in [5.74, 6) is 2.31. The number of carbonyl (C=O) groups excluding carboxylic acids is 1. The molecular weight excluding hydrogens is 362 g/mol. The van der Waals surface area contributed by atoms with Crippen molar-refractivity contribution in [3.8, 4) is 23.1 Å². The highest BCUT2D eigenvalue weighted by Gasteiger charge is 2.29. The number of ether oxygens (including phenoxy) is 4. The number of carbonyl (C=O) groups is 1. The highest BCUT2D eigenvalue weighted by atomic mass is 16.5. The first-order chi connectivity index (χ1) is 13.6. The Balaban J connectivity index is 1.78. The van der Waals surface area contributed by atoms with Crippen LogP contribution in [0.2, 0.25) is 0 Å². The first kappa shape index (κ1) is 19.7. The van der Waals surface area contributed by atoms with E-state index < -0.39 is 0 Å². The Kier molecular flexibility index (Phi) is 6.18. The molecule has 1 aromatic carbocycles. The molecule has 28 heavy (non-hydrogen) atoms. The number of hydrogen-bond donors (Lipinski definition) is 0. The Morgan fingerprint density at radius 1 is 1.11 bits per heavy atom. The minimum absolute atomic E-state index is 0.127. The number of rotatable bonds is 6. The van der Waals surface area contributed by atoms with E-state index in [-0.39, 0.29) is 12.0 Å². The van der Waals surface area contributed by atoms with Crippen LogP contribution in [0.5, 0.6) is 23.1 Å². The summed E-state index contributed by atoms with van der Waals surface area (Å²) in [5.41, 5.74) is 0.429. The number of hydrogen-bond acceptors (Lipinski definition) is 7. The second-order valence-corrected chi connectivity index (χ2v) is 6.46. The lowest BCUT2D eigenvalue weighted by Crippen LogP contribution is -2.44. The molecule has 3 rings (SSSR count). The lowest BCUT2D eigenvalue weighted by atomic mass is 10.1. The van der Waals surface area contributed by atoms with Crippen molar-refractivity contribution in [2.24, 2.45) is 0 Å². The van der Waals surface area contributed by atoms with Crippen LogP contribution >= 0.6 is 0 Å². The van der Waals surface area contributed by atoms with Crippen LogP contribution in [0.1, 0.15) is 29.0 Å². The quantitative estimate of drug-likeness (QED) is 0.753. The summed E-state index contributed by atoms with van der Waals surface area (Å²) >= 11 is 0. The van der Waals surface area contributed by atoms with Crippen molar-refractivity contribution >= 4 is 5.91 Å². The van der Waals surface area contributed by atoms with Gasteiger partial charge in [-0.3, -0.25) is 4.79 Å². The molecule has 0 spiro atoms. The van der Waals surface area contributed by atoms with E-state index in [2.05, 4.69) is 9.97 Å².